The monoisotopic (exact) mass is 556 g/mol. The zero-order valence-corrected chi connectivity index (χ0v) is 23.1. The lowest BCUT2D eigenvalue weighted by molar-refractivity contribution is 0.122. The van der Waals surface area contributed by atoms with Crippen molar-refractivity contribution in [2.75, 3.05) is 72.5 Å². The Bertz CT molecular complexity index is 1420. The Morgan fingerprint density at radius 2 is 1.82 bits per heavy atom. The van der Waals surface area contributed by atoms with Gasteiger partial charge in [-0.05, 0) is 38.7 Å². The summed E-state index contributed by atoms with van der Waals surface area (Å²) in [4.78, 5) is 28.9. The Morgan fingerprint density at radius 3 is 2.48 bits per heavy atom. The highest BCUT2D eigenvalue weighted by Crippen LogP contribution is 2.33. The van der Waals surface area contributed by atoms with Gasteiger partial charge in [0.2, 0.25) is 11.9 Å². The summed E-state index contributed by atoms with van der Waals surface area (Å²) in [6, 6.07) is 5.05. The molecule has 0 saturated carbocycles. The standard InChI is InChI=1S/C26H34F2N10O2/c1-35(2)10-11-36(3)19-8-9-26(29,16-30-19)23-32-24(37-12-14-40-15-13-37)34-25(33-23)38-17-6-5-7-18(39-4)20(17)31-22(38)21(27)28/h5-8,16,21H,9-15,29H2,1-4H3. The second kappa shape index (κ2) is 11.4. The second-order valence-electron chi connectivity index (χ2n) is 10.1. The number of rotatable bonds is 9. The van der Waals surface area contributed by atoms with Gasteiger partial charge in [0.15, 0.2) is 11.6 Å². The number of imidazole rings is 1. The van der Waals surface area contributed by atoms with Gasteiger partial charge in [0.25, 0.3) is 6.43 Å². The molecule has 0 amide bonds. The van der Waals surface area contributed by atoms with Crippen molar-refractivity contribution in [3.63, 3.8) is 0 Å². The van der Waals surface area contributed by atoms with E-state index >= 15 is 0 Å². The highest BCUT2D eigenvalue weighted by molar-refractivity contribution is 5.84. The predicted octanol–water partition coefficient (Wildman–Crippen LogP) is 1.96. The van der Waals surface area contributed by atoms with Crippen molar-refractivity contribution in [1.82, 2.24) is 34.3 Å². The van der Waals surface area contributed by atoms with Crippen molar-refractivity contribution in [3.8, 4) is 11.7 Å². The van der Waals surface area contributed by atoms with Crippen molar-refractivity contribution >= 4 is 23.2 Å². The SMILES string of the molecule is COc1cccc2c1nc(C(F)F)n2-c1nc(N2CCOCC2)nc(C2(N)C=NC(N(C)CCN(C)C)=CC2)n1. The van der Waals surface area contributed by atoms with Crippen LogP contribution in [0.1, 0.15) is 24.5 Å². The van der Waals surface area contributed by atoms with Crippen molar-refractivity contribution in [3.05, 3.63) is 41.7 Å². The number of anilines is 1. The van der Waals surface area contributed by atoms with Crippen LogP contribution in [0.25, 0.3) is 17.0 Å². The molecule has 1 unspecified atom stereocenters. The molecule has 2 aromatic heterocycles. The molecule has 4 heterocycles. The van der Waals surface area contributed by atoms with E-state index in [9.17, 15) is 8.78 Å². The molecule has 2 N–H and O–H groups in total. The molecule has 14 heteroatoms. The number of nitrogens with zero attached hydrogens (tertiary/aromatic N) is 9. The van der Waals surface area contributed by atoms with Gasteiger partial charge in [-0.3, -0.25) is 4.57 Å². The summed E-state index contributed by atoms with van der Waals surface area (Å²) < 4.78 is 40.8. The fourth-order valence-corrected chi connectivity index (χ4v) is 4.59. The maximum absolute atomic E-state index is 14.3. The number of aromatic nitrogens is 5. The van der Waals surface area contributed by atoms with E-state index < -0.39 is 17.8 Å². The summed E-state index contributed by atoms with van der Waals surface area (Å²) in [7, 11) is 7.47. The van der Waals surface area contributed by atoms with Crippen molar-refractivity contribution in [2.24, 2.45) is 10.7 Å². The van der Waals surface area contributed by atoms with Gasteiger partial charge in [0, 0.05) is 39.4 Å². The molecule has 0 radical (unpaired) electrons. The second-order valence-corrected chi connectivity index (χ2v) is 10.1. The van der Waals surface area contributed by atoms with Crippen LogP contribution in [0, 0.1) is 0 Å². The van der Waals surface area contributed by atoms with E-state index in [-0.39, 0.29) is 17.3 Å². The number of halogens is 2. The highest BCUT2D eigenvalue weighted by Gasteiger charge is 2.34. The molecule has 2 aliphatic heterocycles. The number of likely N-dealkylation sites (N-methyl/N-ethyl adjacent to an activating group) is 2. The number of ether oxygens (including phenoxy) is 2. The molecule has 1 saturated heterocycles. The van der Waals surface area contributed by atoms with Gasteiger partial charge in [-0.2, -0.15) is 15.0 Å². The fourth-order valence-electron chi connectivity index (χ4n) is 4.59. The lowest BCUT2D eigenvalue weighted by atomic mass is 9.95. The summed E-state index contributed by atoms with van der Waals surface area (Å²) >= 11 is 0. The van der Waals surface area contributed by atoms with Gasteiger partial charge in [0.1, 0.15) is 22.6 Å². The number of methoxy groups -OCH3 is 1. The number of fused-ring (bicyclic) bond motifs is 1. The molecule has 1 atom stereocenters. The van der Waals surface area contributed by atoms with Crippen molar-refractivity contribution in [2.45, 2.75) is 18.4 Å². The van der Waals surface area contributed by atoms with Crippen molar-refractivity contribution < 1.29 is 18.3 Å². The van der Waals surface area contributed by atoms with E-state index in [4.69, 9.17) is 20.2 Å². The molecule has 0 aliphatic carbocycles. The smallest absolute Gasteiger partial charge is 0.296 e. The van der Waals surface area contributed by atoms with E-state index in [2.05, 4.69) is 24.8 Å². The molecule has 0 spiro atoms. The number of nitrogens with two attached hydrogens (primary N) is 1. The molecule has 2 aliphatic rings. The largest absolute Gasteiger partial charge is 0.494 e. The Labute approximate surface area is 231 Å². The normalized spacial score (nSPS) is 19.5. The highest BCUT2D eigenvalue weighted by atomic mass is 19.3. The van der Waals surface area contributed by atoms with Crippen LogP contribution in [0.15, 0.2) is 35.1 Å². The molecule has 3 aromatic rings. The Morgan fingerprint density at radius 1 is 1.07 bits per heavy atom. The lowest BCUT2D eigenvalue weighted by Crippen LogP contribution is -2.44. The lowest BCUT2D eigenvalue weighted by Gasteiger charge is -2.31. The number of benzene rings is 1. The van der Waals surface area contributed by atoms with Gasteiger partial charge in [-0.25, -0.2) is 18.8 Å². The first kappa shape index (κ1) is 27.8. The third kappa shape index (κ3) is 5.46. The first-order chi connectivity index (χ1) is 19.2. The average molecular weight is 557 g/mol. The Kier molecular flexibility index (Phi) is 7.92. The summed E-state index contributed by atoms with van der Waals surface area (Å²) in [6.07, 6.45) is 1.04. The minimum absolute atomic E-state index is 0.00588. The van der Waals surface area contributed by atoms with Crippen molar-refractivity contribution in [1.29, 1.82) is 0 Å². The molecule has 5 rings (SSSR count). The van der Waals surface area contributed by atoms with E-state index in [1.807, 2.05) is 37.0 Å². The minimum Gasteiger partial charge on any atom is -0.494 e. The van der Waals surface area contributed by atoms with Crippen LogP contribution in [0.4, 0.5) is 14.7 Å². The van der Waals surface area contributed by atoms with Gasteiger partial charge < -0.3 is 29.9 Å². The summed E-state index contributed by atoms with van der Waals surface area (Å²) in [5.41, 5.74) is 6.32. The molecule has 12 nitrogen and oxygen atoms in total. The maximum Gasteiger partial charge on any atom is 0.296 e. The number of alkyl halides is 2. The first-order valence-corrected chi connectivity index (χ1v) is 13.0. The molecular weight excluding hydrogens is 522 g/mol. The number of para-hydroxylation sites is 1. The number of morpholine rings is 1. The molecule has 1 aromatic carbocycles. The van der Waals surface area contributed by atoms with Crippen LogP contribution in [0.5, 0.6) is 5.75 Å². The fraction of sp³-hybridized carbons (Fsp3) is 0.500. The predicted molar refractivity (Wildman–Crippen MR) is 147 cm³/mol. The van der Waals surface area contributed by atoms with Gasteiger partial charge in [-0.1, -0.05) is 6.07 Å². The quantitative estimate of drug-likeness (QED) is 0.418. The molecule has 40 heavy (non-hydrogen) atoms. The molecule has 1 fully saturated rings. The number of hydrogen-bond acceptors (Lipinski definition) is 11. The summed E-state index contributed by atoms with van der Waals surface area (Å²) in [6.45, 7) is 3.71. The Hall–Kier alpha value is -3.75. The van der Waals surface area contributed by atoms with Crippen LogP contribution in [-0.2, 0) is 10.3 Å². The van der Waals surface area contributed by atoms with Crippen LogP contribution < -0.4 is 15.4 Å². The number of aliphatic imine (C=N–C) groups is 1. The van der Waals surface area contributed by atoms with E-state index in [1.54, 1.807) is 24.4 Å². The third-order valence-corrected chi connectivity index (χ3v) is 6.93. The van der Waals surface area contributed by atoms with Gasteiger partial charge in [0.05, 0.1) is 25.8 Å². The van der Waals surface area contributed by atoms with Crippen LogP contribution in [0.3, 0.4) is 0 Å². The van der Waals surface area contributed by atoms with Gasteiger partial charge >= 0.3 is 0 Å². The maximum atomic E-state index is 14.3. The van der Waals surface area contributed by atoms with E-state index in [0.29, 0.717) is 49.9 Å². The molecule has 0 bridgehead atoms. The summed E-state index contributed by atoms with van der Waals surface area (Å²) in [5.74, 6) is 1.19. The van der Waals surface area contributed by atoms with E-state index in [0.717, 1.165) is 18.9 Å². The van der Waals surface area contributed by atoms with Crippen LogP contribution >= 0.6 is 0 Å². The zero-order chi connectivity index (χ0) is 28.4. The zero-order valence-electron chi connectivity index (χ0n) is 23.1. The first-order valence-electron chi connectivity index (χ1n) is 13.0. The minimum atomic E-state index is -2.89. The average Bonchev–Trinajstić information content (AvgIpc) is 3.37. The van der Waals surface area contributed by atoms with Crippen LogP contribution in [-0.4, -0.2) is 108 Å². The third-order valence-electron chi connectivity index (χ3n) is 6.93. The van der Waals surface area contributed by atoms with Gasteiger partial charge in [-0.15, -0.1) is 0 Å². The van der Waals surface area contributed by atoms with Crippen LogP contribution in [0.2, 0.25) is 0 Å². The Balaban J connectivity index is 1.60. The molecular formula is C26H34F2N10O2. The topological polar surface area (TPSA) is 123 Å². The summed E-state index contributed by atoms with van der Waals surface area (Å²) in [5, 5.41) is 0. The van der Waals surface area contributed by atoms with E-state index in [1.165, 1.54) is 11.7 Å². The molecule has 214 valence electrons. The number of hydrogen-bond donors (Lipinski definition) is 1.